The third kappa shape index (κ3) is 5.49. The van der Waals surface area contributed by atoms with Crippen molar-refractivity contribution >= 4 is 33.1 Å². The highest BCUT2D eigenvalue weighted by Gasteiger charge is 2.24. The van der Waals surface area contributed by atoms with Crippen molar-refractivity contribution in [2.75, 3.05) is 26.1 Å². The van der Waals surface area contributed by atoms with Crippen molar-refractivity contribution in [2.45, 2.75) is 52.1 Å². The SMILES string of the molecule is CCOc1ccc(NC(=O)Cn2c(=O)n(CCc3ccc(OC)c(OC)c3)c(=O)c3c4c(sc32)CCCC4)cc1. The van der Waals surface area contributed by atoms with E-state index in [1.54, 1.807) is 44.6 Å². The minimum atomic E-state index is -0.488. The summed E-state index contributed by atoms with van der Waals surface area (Å²) in [5.41, 5.74) is 1.75. The molecule has 1 aliphatic rings. The van der Waals surface area contributed by atoms with E-state index < -0.39 is 5.69 Å². The lowest BCUT2D eigenvalue weighted by Crippen LogP contribution is -2.42. The first kappa shape index (κ1) is 27.5. The zero-order chi connectivity index (χ0) is 28.2. The van der Waals surface area contributed by atoms with Gasteiger partial charge in [-0.15, -0.1) is 11.3 Å². The summed E-state index contributed by atoms with van der Waals surface area (Å²) in [5, 5.41) is 3.44. The summed E-state index contributed by atoms with van der Waals surface area (Å²) in [6.45, 7) is 2.44. The lowest BCUT2D eigenvalue weighted by molar-refractivity contribution is -0.116. The molecule has 0 spiro atoms. The van der Waals surface area contributed by atoms with Crippen LogP contribution in [0.3, 0.4) is 0 Å². The molecular formula is C30H33N3O6S. The van der Waals surface area contributed by atoms with Gasteiger partial charge < -0.3 is 19.5 Å². The molecule has 0 bridgehead atoms. The van der Waals surface area contributed by atoms with E-state index in [0.717, 1.165) is 41.7 Å². The number of nitrogens with zero attached hydrogens (tertiary/aromatic N) is 2. The fourth-order valence-corrected chi connectivity index (χ4v) is 6.55. The van der Waals surface area contributed by atoms with Gasteiger partial charge in [0.05, 0.1) is 26.2 Å². The Kier molecular flexibility index (Phi) is 8.25. The number of aromatic nitrogens is 2. The average Bonchev–Trinajstić information content (AvgIpc) is 3.36. The van der Waals surface area contributed by atoms with Gasteiger partial charge in [-0.1, -0.05) is 6.07 Å². The van der Waals surface area contributed by atoms with Crippen molar-refractivity contribution in [3.8, 4) is 17.2 Å². The first-order valence-electron chi connectivity index (χ1n) is 13.4. The molecule has 210 valence electrons. The zero-order valence-corrected chi connectivity index (χ0v) is 23.8. The maximum Gasteiger partial charge on any atom is 0.332 e. The molecule has 0 saturated carbocycles. The van der Waals surface area contributed by atoms with E-state index in [1.165, 1.54) is 20.5 Å². The molecule has 9 nitrogen and oxygen atoms in total. The molecule has 2 aromatic heterocycles. The van der Waals surface area contributed by atoms with Gasteiger partial charge in [-0.25, -0.2) is 4.79 Å². The highest BCUT2D eigenvalue weighted by atomic mass is 32.1. The molecule has 10 heteroatoms. The number of carbonyl (C=O) groups is 1. The number of rotatable bonds is 10. The molecule has 5 rings (SSSR count). The van der Waals surface area contributed by atoms with Crippen LogP contribution in [0.25, 0.3) is 10.2 Å². The Morgan fingerprint density at radius 3 is 2.45 bits per heavy atom. The smallest absolute Gasteiger partial charge is 0.332 e. The van der Waals surface area contributed by atoms with E-state index in [9.17, 15) is 14.4 Å². The van der Waals surface area contributed by atoms with Crippen LogP contribution in [0.1, 0.15) is 35.8 Å². The second-order valence-electron chi connectivity index (χ2n) is 9.66. The van der Waals surface area contributed by atoms with Crippen LogP contribution in [0.4, 0.5) is 5.69 Å². The minimum absolute atomic E-state index is 0.175. The second-order valence-corrected chi connectivity index (χ2v) is 10.7. The summed E-state index contributed by atoms with van der Waals surface area (Å²) >= 11 is 1.47. The Balaban J connectivity index is 1.49. The molecule has 1 N–H and O–H groups in total. The van der Waals surface area contributed by atoms with Crippen molar-refractivity contribution < 1.29 is 19.0 Å². The standard InChI is InChI=1S/C30H33N3O6S/c1-4-39-21-12-10-20(11-13-21)31-26(34)18-33-29-27(22-7-5-6-8-25(22)40-29)28(35)32(30(33)36)16-15-19-9-14-23(37-2)24(17-19)38-3/h9-14,17H,4-8,15-16,18H2,1-3H3,(H,31,34). The normalized spacial score (nSPS) is 12.7. The number of anilines is 1. The van der Waals surface area contributed by atoms with Crippen LogP contribution < -0.4 is 30.8 Å². The zero-order valence-electron chi connectivity index (χ0n) is 23.0. The first-order valence-corrected chi connectivity index (χ1v) is 14.3. The third-order valence-electron chi connectivity index (χ3n) is 7.14. The van der Waals surface area contributed by atoms with Crippen LogP contribution in [0, 0.1) is 0 Å². The Morgan fingerprint density at radius 1 is 0.975 bits per heavy atom. The summed E-state index contributed by atoms with van der Waals surface area (Å²) in [6.07, 6.45) is 4.17. The molecule has 40 heavy (non-hydrogen) atoms. The maximum atomic E-state index is 13.8. The van der Waals surface area contributed by atoms with Crippen LogP contribution in [-0.4, -0.2) is 35.9 Å². The molecular weight excluding hydrogens is 530 g/mol. The average molecular weight is 564 g/mol. The molecule has 0 unspecified atom stereocenters. The fourth-order valence-electron chi connectivity index (χ4n) is 5.18. The van der Waals surface area contributed by atoms with Gasteiger partial charge in [-0.2, -0.15) is 0 Å². The van der Waals surface area contributed by atoms with Gasteiger partial charge >= 0.3 is 5.69 Å². The number of carbonyl (C=O) groups excluding carboxylic acids is 1. The third-order valence-corrected chi connectivity index (χ3v) is 8.46. The van der Waals surface area contributed by atoms with E-state index >= 15 is 0 Å². The summed E-state index contributed by atoms with van der Waals surface area (Å²) in [4.78, 5) is 42.3. The highest BCUT2D eigenvalue weighted by molar-refractivity contribution is 7.18. The predicted octanol–water partition coefficient (Wildman–Crippen LogP) is 4.40. The predicted molar refractivity (Wildman–Crippen MR) is 156 cm³/mol. The number of fused-ring (bicyclic) bond motifs is 3. The number of thiophene rings is 1. The monoisotopic (exact) mass is 563 g/mol. The summed E-state index contributed by atoms with van der Waals surface area (Å²) in [7, 11) is 3.14. The Bertz CT molecular complexity index is 1650. The Hall–Kier alpha value is -4.05. The maximum absolute atomic E-state index is 13.8. The lowest BCUT2D eigenvalue weighted by atomic mass is 9.97. The van der Waals surface area contributed by atoms with E-state index in [0.29, 0.717) is 46.2 Å². The Morgan fingerprint density at radius 2 is 1.73 bits per heavy atom. The molecule has 4 aromatic rings. The number of ether oxygens (including phenoxy) is 3. The molecule has 0 aliphatic heterocycles. The van der Waals surface area contributed by atoms with E-state index in [2.05, 4.69) is 5.32 Å². The Labute approximate surface area is 235 Å². The highest BCUT2D eigenvalue weighted by Crippen LogP contribution is 2.34. The summed E-state index contributed by atoms with van der Waals surface area (Å²) < 4.78 is 18.9. The van der Waals surface area contributed by atoms with Crippen molar-refractivity contribution in [1.82, 2.24) is 9.13 Å². The number of aryl methyl sites for hydroxylation is 3. The lowest BCUT2D eigenvalue weighted by Gasteiger charge is -2.14. The van der Waals surface area contributed by atoms with Crippen LogP contribution in [-0.2, 0) is 37.1 Å². The molecule has 0 saturated heterocycles. The first-order chi connectivity index (χ1) is 19.4. The number of amides is 1. The summed E-state index contributed by atoms with van der Waals surface area (Å²) in [5.74, 6) is 1.56. The van der Waals surface area contributed by atoms with Crippen molar-refractivity contribution in [3.63, 3.8) is 0 Å². The molecule has 2 heterocycles. The second kappa shape index (κ2) is 12.0. The van der Waals surface area contributed by atoms with Crippen LogP contribution in [0.2, 0.25) is 0 Å². The number of hydrogen-bond donors (Lipinski definition) is 1. The van der Waals surface area contributed by atoms with Gasteiger partial charge in [0, 0.05) is 17.1 Å². The molecule has 0 fully saturated rings. The van der Waals surface area contributed by atoms with Gasteiger partial charge in [0.2, 0.25) is 5.91 Å². The van der Waals surface area contributed by atoms with E-state index in [4.69, 9.17) is 14.2 Å². The van der Waals surface area contributed by atoms with Gasteiger partial charge in [0.15, 0.2) is 11.5 Å². The largest absolute Gasteiger partial charge is 0.494 e. The molecule has 1 aliphatic carbocycles. The van der Waals surface area contributed by atoms with Crippen LogP contribution in [0.5, 0.6) is 17.2 Å². The molecule has 0 radical (unpaired) electrons. The fraction of sp³-hybridized carbons (Fsp3) is 0.367. The quantitative estimate of drug-likeness (QED) is 0.307. The number of methoxy groups -OCH3 is 2. The molecule has 0 atom stereocenters. The van der Waals surface area contributed by atoms with Gasteiger partial charge in [-0.05, 0) is 86.6 Å². The van der Waals surface area contributed by atoms with Gasteiger partial charge in [-0.3, -0.25) is 18.7 Å². The topological polar surface area (TPSA) is 101 Å². The number of benzene rings is 2. The van der Waals surface area contributed by atoms with Gasteiger partial charge in [0.25, 0.3) is 5.56 Å². The van der Waals surface area contributed by atoms with Gasteiger partial charge in [0.1, 0.15) is 17.1 Å². The number of nitrogens with one attached hydrogen (secondary N) is 1. The van der Waals surface area contributed by atoms with Crippen LogP contribution in [0.15, 0.2) is 52.1 Å². The summed E-state index contributed by atoms with van der Waals surface area (Å²) in [6, 6.07) is 12.6. The van der Waals surface area contributed by atoms with Crippen molar-refractivity contribution in [1.29, 1.82) is 0 Å². The van der Waals surface area contributed by atoms with Crippen LogP contribution >= 0.6 is 11.3 Å². The van der Waals surface area contributed by atoms with E-state index in [-0.39, 0.29) is 24.6 Å². The van der Waals surface area contributed by atoms with Crippen molar-refractivity contribution in [2.24, 2.45) is 0 Å². The number of hydrogen-bond acceptors (Lipinski definition) is 7. The molecule has 1 amide bonds. The van der Waals surface area contributed by atoms with Crippen molar-refractivity contribution in [3.05, 3.63) is 79.3 Å². The molecule has 2 aromatic carbocycles. The van der Waals surface area contributed by atoms with E-state index in [1.807, 2.05) is 19.1 Å². The minimum Gasteiger partial charge on any atom is -0.494 e.